The van der Waals surface area contributed by atoms with Gasteiger partial charge in [0.05, 0.1) is 25.9 Å². The van der Waals surface area contributed by atoms with Crippen LogP contribution < -0.4 is 17.0 Å². The Kier molecular flexibility index (Phi) is 8.43. The Morgan fingerprint density at radius 3 is 2.47 bits per heavy atom. The molecule has 0 aliphatic carbocycles. The van der Waals surface area contributed by atoms with Gasteiger partial charge in [-0.2, -0.15) is 4.98 Å². The highest BCUT2D eigenvalue weighted by Gasteiger charge is 2.52. The average Bonchev–Trinajstić information content (AvgIpc) is 3.73. The second-order valence-corrected chi connectivity index (χ2v) is 12.0. The third kappa shape index (κ3) is 5.84. The van der Waals surface area contributed by atoms with Crippen molar-refractivity contribution in [3.05, 3.63) is 29.3 Å². The third-order valence-electron chi connectivity index (χ3n) is 7.04. The van der Waals surface area contributed by atoms with Crippen LogP contribution in [-0.4, -0.2) is 109 Å². The van der Waals surface area contributed by atoms with E-state index in [0.717, 1.165) is 28.1 Å². The van der Waals surface area contributed by atoms with Crippen LogP contribution in [0, 0.1) is 0 Å². The maximum atomic E-state index is 15.6. The van der Waals surface area contributed by atoms with Crippen molar-refractivity contribution in [1.29, 1.82) is 0 Å². The summed E-state index contributed by atoms with van der Waals surface area (Å²) in [6, 6.07) is 0. The Hall–Kier alpha value is -3.47. The molecule has 6 heterocycles. The lowest BCUT2D eigenvalue weighted by atomic mass is 10.1. The number of alkyl halides is 1. The normalized spacial score (nSPS) is 30.7. The number of aromatic amines is 1. The van der Waals surface area contributed by atoms with E-state index in [1.807, 2.05) is 0 Å². The second kappa shape index (κ2) is 12.0. The standard InChI is InChI=1S/C20H25FN10O12P2/c21-8-12(42-44(35)36)7(41-18(8)30-4-26-9-14(22)24-3-25-15(9)30)2-39-45(37,38)43-13-11(33)6(1-32)40-19(13)31-5-27-10-16(31)28-20(23)29-17(10)34/h3-8,11-13,18-19,32-33,44H,1-2H2,(H,35,36)(H,37,38)(H2,22,24,25)(H3,23,28,29,34)/t6-,7-,8?,11?,12?,13?,18-,19-/m1/s1. The Morgan fingerprint density at radius 1 is 1.07 bits per heavy atom. The first-order valence-corrected chi connectivity index (χ1v) is 15.6. The van der Waals surface area contributed by atoms with Gasteiger partial charge in [-0.05, 0) is 0 Å². The summed E-state index contributed by atoms with van der Waals surface area (Å²) < 4.78 is 68.8. The smallest absolute Gasteiger partial charge is 0.394 e. The van der Waals surface area contributed by atoms with Gasteiger partial charge in [-0.1, -0.05) is 0 Å². The molecule has 0 aromatic carbocycles. The zero-order valence-electron chi connectivity index (χ0n) is 22.4. The van der Waals surface area contributed by atoms with Crippen LogP contribution >= 0.6 is 16.1 Å². The first-order valence-electron chi connectivity index (χ1n) is 12.8. The summed E-state index contributed by atoms with van der Waals surface area (Å²) in [6.45, 7) is -1.67. The molecule has 0 spiro atoms. The first kappa shape index (κ1) is 31.5. The van der Waals surface area contributed by atoms with E-state index in [2.05, 4.69) is 29.9 Å². The van der Waals surface area contributed by atoms with Gasteiger partial charge < -0.3 is 45.5 Å². The van der Waals surface area contributed by atoms with E-state index in [1.54, 1.807) is 0 Å². The molecule has 4 aromatic rings. The van der Waals surface area contributed by atoms with E-state index in [9.17, 15) is 33.9 Å². The predicted molar refractivity (Wildman–Crippen MR) is 145 cm³/mol. The molecule has 0 saturated carbocycles. The van der Waals surface area contributed by atoms with Crippen molar-refractivity contribution < 1.29 is 56.6 Å². The predicted octanol–water partition coefficient (Wildman–Crippen LogP) is -2.12. The number of anilines is 2. The fourth-order valence-corrected chi connectivity index (χ4v) is 6.50. The third-order valence-corrected chi connectivity index (χ3v) is 8.50. The monoisotopic (exact) mass is 678 g/mol. The molecule has 2 saturated heterocycles. The molecule has 22 nitrogen and oxygen atoms in total. The van der Waals surface area contributed by atoms with Crippen LogP contribution in [0.2, 0.25) is 0 Å². The van der Waals surface area contributed by atoms with Crippen LogP contribution in [0.3, 0.4) is 0 Å². The highest BCUT2D eigenvalue weighted by Crippen LogP contribution is 2.50. The summed E-state index contributed by atoms with van der Waals surface area (Å²) in [6.07, 6.45) is -9.97. The second-order valence-electron chi connectivity index (χ2n) is 9.79. The number of fused-ring (bicyclic) bond motifs is 2. The highest BCUT2D eigenvalue weighted by molar-refractivity contribution is 7.47. The summed E-state index contributed by atoms with van der Waals surface area (Å²) in [4.78, 5) is 54.2. The van der Waals surface area contributed by atoms with Crippen LogP contribution in [0.5, 0.6) is 0 Å². The summed E-state index contributed by atoms with van der Waals surface area (Å²) >= 11 is 0. The van der Waals surface area contributed by atoms with Gasteiger partial charge in [0.2, 0.25) is 5.95 Å². The number of nitrogens with two attached hydrogens (primary N) is 2. The van der Waals surface area contributed by atoms with E-state index >= 15 is 4.39 Å². The van der Waals surface area contributed by atoms with Gasteiger partial charge in [-0.15, -0.1) is 0 Å². The quantitative estimate of drug-likeness (QED) is 0.0881. The molecule has 6 unspecified atom stereocenters. The van der Waals surface area contributed by atoms with E-state index in [1.165, 1.54) is 0 Å². The average molecular weight is 678 g/mol. The summed E-state index contributed by atoms with van der Waals surface area (Å²) in [7, 11) is -8.95. The van der Waals surface area contributed by atoms with Crippen LogP contribution in [0.1, 0.15) is 12.5 Å². The van der Waals surface area contributed by atoms with Crippen LogP contribution in [-0.2, 0) is 32.2 Å². The van der Waals surface area contributed by atoms with Gasteiger partial charge in [0.25, 0.3) is 5.56 Å². The van der Waals surface area contributed by atoms with Crippen molar-refractivity contribution in [3.63, 3.8) is 0 Å². The molecule has 0 radical (unpaired) electrons. The van der Waals surface area contributed by atoms with E-state index in [-0.39, 0.29) is 34.1 Å². The Bertz CT molecular complexity index is 1860. The lowest BCUT2D eigenvalue weighted by Gasteiger charge is -2.25. The molecule has 9 N–H and O–H groups in total. The maximum absolute atomic E-state index is 15.6. The van der Waals surface area contributed by atoms with E-state index in [4.69, 9.17) is 34.5 Å². The van der Waals surface area contributed by atoms with Gasteiger partial charge in [0.15, 0.2) is 41.3 Å². The lowest BCUT2D eigenvalue weighted by Crippen LogP contribution is -2.36. The molecule has 2 fully saturated rings. The molecule has 25 heteroatoms. The number of nitrogens with zero attached hydrogens (tertiary/aromatic N) is 7. The molecule has 2 aliphatic heterocycles. The minimum Gasteiger partial charge on any atom is -0.394 e. The molecular weight excluding hydrogens is 653 g/mol. The minimum atomic E-state index is -5.21. The van der Waals surface area contributed by atoms with Gasteiger partial charge in [-0.3, -0.25) is 32.5 Å². The number of H-pyrrole nitrogens is 1. The maximum Gasteiger partial charge on any atom is 0.472 e. The SMILES string of the molecule is Nc1nc2c(ncn2[C@@H]2O[C@H](CO)C(O)C2OP(=O)(O)OC[C@H]2O[C@@H](n3cnc4c(N)ncnc43)C(F)C2O[PH](=O)O)c(=O)[nH]1. The fraction of sp³-hybridized carbons (Fsp3) is 0.500. The first-order chi connectivity index (χ1) is 21.4. The number of ether oxygens (including phenoxy) is 2. The zero-order valence-corrected chi connectivity index (χ0v) is 24.3. The summed E-state index contributed by atoms with van der Waals surface area (Å²) in [5.41, 5.74) is 10.6. The Morgan fingerprint density at radius 2 is 1.76 bits per heavy atom. The molecule has 45 heavy (non-hydrogen) atoms. The molecule has 10 atom stereocenters. The van der Waals surface area contributed by atoms with Crippen molar-refractivity contribution in [3.8, 4) is 0 Å². The summed E-state index contributed by atoms with van der Waals surface area (Å²) in [5, 5.41) is 20.4. The largest absolute Gasteiger partial charge is 0.472 e. The van der Waals surface area contributed by atoms with E-state index in [0.29, 0.717) is 0 Å². The van der Waals surface area contributed by atoms with Crippen LogP contribution in [0.25, 0.3) is 22.3 Å². The number of hydrogen-bond acceptors (Lipinski definition) is 17. The molecule has 244 valence electrons. The number of nitrogen functional groups attached to an aromatic ring is 2. The Balaban J connectivity index is 1.22. The van der Waals surface area contributed by atoms with Crippen molar-refractivity contribution in [2.45, 2.75) is 49.1 Å². The van der Waals surface area contributed by atoms with Gasteiger partial charge >= 0.3 is 16.1 Å². The van der Waals surface area contributed by atoms with Crippen LogP contribution in [0.15, 0.2) is 23.8 Å². The van der Waals surface area contributed by atoms with Crippen molar-refractivity contribution in [2.24, 2.45) is 0 Å². The molecule has 2 aliphatic rings. The number of halogens is 1. The minimum absolute atomic E-state index is 0.00631. The fourth-order valence-electron chi connectivity index (χ4n) is 5.05. The lowest BCUT2D eigenvalue weighted by molar-refractivity contribution is -0.0589. The van der Waals surface area contributed by atoms with Crippen molar-refractivity contribution in [1.82, 2.24) is 39.0 Å². The highest BCUT2D eigenvalue weighted by atomic mass is 31.2. The van der Waals surface area contributed by atoms with Gasteiger partial charge in [0.1, 0.15) is 42.4 Å². The van der Waals surface area contributed by atoms with E-state index < -0.39 is 84.0 Å². The van der Waals surface area contributed by atoms with Gasteiger partial charge in [-0.25, -0.2) is 28.9 Å². The molecule has 6 rings (SSSR count). The molecular formula is C20H25FN10O12P2. The number of aliphatic hydroxyl groups excluding tert-OH is 2. The number of phosphoric ester groups is 1. The number of imidazole rings is 2. The number of hydrogen-bond donors (Lipinski definition) is 7. The van der Waals surface area contributed by atoms with Gasteiger partial charge in [0, 0.05) is 0 Å². The Labute approximate surface area is 249 Å². The molecule has 0 amide bonds. The number of nitrogens with one attached hydrogen (secondary N) is 1. The zero-order chi connectivity index (χ0) is 32.2. The summed E-state index contributed by atoms with van der Waals surface area (Å²) in [5.74, 6) is -0.295. The molecule has 4 aromatic heterocycles. The topological polar surface area (TPSA) is 320 Å². The molecule has 0 bridgehead atoms. The number of aliphatic hydroxyl groups is 2. The van der Waals surface area contributed by atoms with Crippen molar-refractivity contribution >= 4 is 50.2 Å². The number of phosphoric acid groups is 1. The number of rotatable bonds is 10. The number of aromatic nitrogens is 8. The van der Waals surface area contributed by atoms with Crippen molar-refractivity contribution in [2.75, 3.05) is 24.7 Å². The van der Waals surface area contributed by atoms with Crippen LogP contribution in [0.4, 0.5) is 16.2 Å².